The van der Waals surface area contributed by atoms with Crippen LogP contribution in [-0.2, 0) is 0 Å². The van der Waals surface area contributed by atoms with E-state index >= 15 is 0 Å². The van der Waals surface area contributed by atoms with Gasteiger partial charge in [-0.3, -0.25) is 0 Å². The fourth-order valence-electron chi connectivity index (χ4n) is 1.93. The van der Waals surface area contributed by atoms with Crippen LogP contribution in [0.4, 0.5) is 0 Å². The summed E-state index contributed by atoms with van der Waals surface area (Å²) in [5, 5.41) is 3.18. The number of aromatic nitrogens is 1. The number of methoxy groups -OCH3 is 2. The maximum Gasteiger partial charge on any atom is 0.223 e. The number of pyridine rings is 1. The molecular formula is C16H20N2O3. The van der Waals surface area contributed by atoms with Gasteiger partial charge in [-0.1, -0.05) is 6.07 Å². The van der Waals surface area contributed by atoms with Crippen LogP contribution >= 0.6 is 0 Å². The number of nitrogens with one attached hydrogen (secondary N) is 1. The molecule has 0 fully saturated rings. The SMILES string of the molecule is CNC(C)c1cccnc1Oc1cc(OC)cc(OC)c1. The number of hydrogen-bond acceptors (Lipinski definition) is 5. The van der Waals surface area contributed by atoms with Crippen LogP contribution in [0.1, 0.15) is 18.5 Å². The summed E-state index contributed by atoms with van der Waals surface area (Å²) in [5.74, 6) is 2.52. The van der Waals surface area contributed by atoms with E-state index in [1.807, 2.05) is 19.2 Å². The Labute approximate surface area is 124 Å². The fourth-order valence-corrected chi connectivity index (χ4v) is 1.93. The third-order valence-electron chi connectivity index (χ3n) is 3.24. The Kier molecular flexibility index (Phi) is 5.00. The Bertz CT molecular complexity index is 580. The van der Waals surface area contributed by atoms with Gasteiger partial charge < -0.3 is 19.5 Å². The van der Waals surface area contributed by atoms with Crippen LogP contribution in [0, 0.1) is 0 Å². The van der Waals surface area contributed by atoms with Crippen molar-refractivity contribution in [2.75, 3.05) is 21.3 Å². The molecule has 2 rings (SSSR count). The smallest absolute Gasteiger partial charge is 0.223 e. The Morgan fingerprint density at radius 1 is 1.05 bits per heavy atom. The van der Waals surface area contributed by atoms with E-state index in [1.54, 1.807) is 38.6 Å². The number of ether oxygens (including phenoxy) is 3. The summed E-state index contributed by atoms with van der Waals surface area (Å²) in [5.41, 5.74) is 0.988. The molecule has 112 valence electrons. The van der Waals surface area contributed by atoms with Gasteiger partial charge in [0.1, 0.15) is 17.2 Å². The van der Waals surface area contributed by atoms with Crippen LogP contribution < -0.4 is 19.5 Å². The van der Waals surface area contributed by atoms with Crippen molar-refractivity contribution in [2.45, 2.75) is 13.0 Å². The highest BCUT2D eigenvalue weighted by Gasteiger charge is 2.12. The largest absolute Gasteiger partial charge is 0.496 e. The summed E-state index contributed by atoms with van der Waals surface area (Å²) in [6.45, 7) is 2.05. The molecule has 1 unspecified atom stereocenters. The predicted octanol–water partition coefficient (Wildman–Crippen LogP) is 3.17. The number of rotatable bonds is 6. The first-order chi connectivity index (χ1) is 10.2. The first kappa shape index (κ1) is 15.1. The lowest BCUT2D eigenvalue weighted by Crippen LogP contribution is -2.13. The normalized spacial score (nSPS) is 11.8. The predicted molar refractivity (Wildman–Crippen MR) is 81.3 cm³/mol. The molecular weight excluding hydrogens is 268 g/mol. The third-order valence-corrected chi connectivity index (χ3v) is 3.24. The van der Waals surface area contributed by atoms with Crippen LogP contribution in [0.5, 0.6) is 23.1 Å². The Morgan fingerprint density at radius 3 is 2.24 bits per heavy atom. The molecule has 0 saturated heterocycles. The molecule has 2 aromatic rings. The van der Waals surface area contributed by atoms with Gasteiger partial charge in [0.05, 0.1) is 14.2 Å². The standard InChI is InChI=1S/C16H20N2O3/c1-11(17-2)15-6-5-7-18-16(15)21-14-9-12(19-3)8-13(10-14)20-4/h5-11,17H,1-4H3. The molecule has 0 aliphatic heterocycles. The molecule has 0 aliphatic carbocycles. The van der Waals surface area contributed by atoms with Gasteiger partial charge in [0.2, 0.25) is 5.88 Å². The molecule has 0 saturated carbocycles. The van der Waals surface area contributed by atoms with Gasteiger partial charge in [-0.25, -0.2) is 4.98 Å². The summed E-state index contributed by atoms with van der Waals surface area (Å²) >= 11 is 0. The third kappa shape index (κ3) is 3.64. The second-order valence-electron chi connectivity index (χ2n) is 4.56. The van der Waals surface area contributed by atoms with Crippen molar-refractivity contribution in [1.82, 2.24) is 10.3 Å². The lowest BCUT2D eigenvalue weighted by molar-refractivity contribution is 0.383. The first-order valence-corrected chi connectivity index (χ1v) is 6.71. The van der Waals surface area contributed by atoms with E-state index < -0.39 is 0 Å². The molecule has 0 spiro atoms. The molecule has 21 heavy (non-hydrogen) atoms. The minimum absolute atomic E-state index is 0.140. The minimum atomic E-state index is 0.140. The molecule has 0 aliphatic rings. The zero-order chi connectivity index (χ0) is 15.2. The van der Waals surface area contributed by atoms with E-state index in [0.717, 1.165) is 5.56 Å². The highest BCUT2D eigenvalue weighted by molar-refractivity contribution is 5.44. The molecule has 1 atom stereocenters. The maximum atomic E-state index is 5.91. The Hall–Kier alpha value is -2.27. The van der Waals surface area contributed by atoms with Gasteiger partial charge in [0.25, 0.3) is 0 Å². The van der Waals surface area contributed by atoms with Crippen LogP contribution in [0.3, 0.4) is 0 Å². The monoisotopic (exact) mass is 288 g/mol. The maximum absolute atomic E-state index is 5.91. The molecule has 0 radical (unpaired) electrons. The number of benzene rings is 1. The summed E-state index contributed by atoms with van der Waals surface area (Å²) in [6.07, 6.45) is 1.71. The average molecular weight is 288 g/mol. The average Bonchev–Trinajstić information content (AvgIpc) is 2.54. The molecule has 1 aromatic carbocycles. The molecule has 1 heterocycles. The summed E-state index contributed by atoms with van der Waals surface area (Å²) in [6, 6.07) is 9.41. The van der Waals surface area contributed by atoms with Crippen molar-refractivity contribution in [3.63, 3.8) is 0 Å². The minimum Gasteiger partial charge on any atom is -0.496 e. The van der Waals surface area contributed by atoms with Gasteiger partial charge >= 0.3 is 0 Å². The second-order valence-corrected chi connectivity index (χ2v) is 4.56. The summed E-state index contributed by atoms with van der Waals surface area (Å²) < 4.78 is 16.4. The first-order valence-electron chi connectivity index (χ1n) is 6.71. The molecule has 5 heteroatoms. The van der Waals surface area contributed by atoms with Crippen LogP contribution in [0.25, 0.3) is 0 Å². The fraction of sp³-hybridized carbons (Fsp3) is 0.312. The van der Waals surface area contributed by atoms with Gasteiger partial charge in [0, 0.05) is 36.0 Å². The van der Waals surface area contributed by atoms with E-state index in [-0.39, 0.29) is 6.04 Å². The van der Waals surface area contributed by atoms with Crippen molar-refractivity contribution >= 4 is 0 Å². The van der Waals surface area contributed by atoms with Crippen molar-refractivity contribution in [3.8, 4) is 23.1 Å². The van der Waals surface area contributed by atoms with Crippen LogP contribution in [0.2, 0.25) is 0 Å². The highest BCUT2D eigenvalue weighted by Crippen LogP contribution is 2.32. The van der Waals surface area contributed by atoms with E-state index in [0.29, 0.717) is 23.1 Å². The van der Waals surface area contributed by atoms with Crippen molar-refractivity contribution < 1.29 is 14.2 Å². The van der Waals surface area contributed by atoms with E-state index in [4.69, 9.17) is 14.2 Å². The second kappa shape index (κ2) is 6.95. The van der Waals surface area contributed by atoms with Crippen molar-refractivity contribution in [3.05, 3.63) is 42.1 Å². The zero-order valence-electron chi connectivity index (χ0n) is 12.7. The van der Waals surface area contributed by atoms with E-state index in [2.05, 4.69) is 17.2 Å². The molecule has 1 N–H and O–H groups in total. The molecule has 0 bridgehead atoms. The molecule has 0 amide bonds. The van der Waals surface area contributed by atoms with Gasteiger partial charge in [-0.15, -0.1) is 0 Å². The molecule has 5 nitrogen and oxygen atoms in total. The topological polar surface area (TPSA) is 52.6 Å². The van der Waals surface area contributed by atoms with Crippen LogP contribution in [-0.4, -0.2) is 26.3 Å². The number of nitrogens with zero attached hydrogens (tertiary/aromatic N) is 1. The van der Waals surface area contributed by atoms with Crippen molar-refractivity contribution in [1.29, 1.82) is 0 Å². The van der Waals surface area contributed by atoms with Crippen LogP contribution in [0.15, 0.2) is 36.5 Å². The summed E-state index contributed by atoms with van der Waals surface area (Å²) in [4.78, 5) is 4.31. The number of hydrogen-bond donors (Lipinski definition) is 1. The van der Waals surface area contributed by atoms with E-state index in [9.17, 15) is 0 Å². The molecule has 1 aromatic heterocycles. The van der Waals surface area contributed by atoms with Gasteiger partial charge in [-0.05, 0) is 20.0 Å². The summed E-state index contributed by atoms with van der Waals surface area (Å²) in [7, 11) is 5.11. The van der Waals surface area contributed by atoms with Gasteiger partial charge in [0.15, 0.2) is 0 Å². The quantitative estimate of drug-likeness (QED) is 0.884. The lowest BCUT2D eigenvalue weighted by atomic mass is 10.1. The Morgan fingerprint density at radius 2 is 1.67 bits per heavy atom. The van der Waals surface area contributed by atoms with Gasteiger partial charge in [-0.2, -0.15) is 0 Å². The van der Waals surface area contributed by atoms with E-state index in [1.165, 1.54) is 0 Å². The Balaban J connectivity index is 2.34. The lowest BCUT2D eigenvalue weighted by Gasteiger charge is -2.15. The highest BCUT2D eigenvalue weighted by atomic mass is 16.5. The zero-order valence-corrected chi connectivity index (χ0v) is 12.7. The van der Waals surface area contributed by atoms with Crippen molar-refractivity contribution in [2.24, 2.45) is 0 Å².